The molecule has 0 N–H and O–H groups in total. The van der Waals surface area contributed by atoms with Crippen molar-refractivity contribution in [2.24, 2.45) is 0 Å². The Kier molecular flexibility index (Phi) is 8.13. The van der Waals surface area contributed by atoms with Gasteiger partial charge in [0.25, 0.3) is 0 Å². The lowest BCUT2D eigenvalue weighted by molar-refractivity contribution is 0.340. The first-order valence-corrected chi connectivity index (χ1v) is 13.3. The van der Waals surface area contributed by atoms with Crippen molar-refractivity contribution >= 4 is 20.8 Å². The summed E-state index contributed by atoms with van der Waals surface area (Å²) >= 11 is 0. The Balaban J connectivity index is 1.68. The highest BCUT2D eigenvalue weighted by atomic mass is 32.2. The van der Waals surface area contributed by atoms with Crippen LogP contribution in [0.1, 0.15) is 18.1 Å². The molecule has 0 spiro atoms. The average molecular weight is 506 g/mol. The van der Waals surface area contributed by atoms with Crippen molar-refractivity contribution in [1.29, 1.82) is 0 Å². The maximum absolute atomic E-state index is 14.0. The van der Waals surface area contributed by atoms with E-state index in [1.807, 2.05) is 79.7 Å². The Morgan fingerprint density at radius 1 is 0.778 bits per heavy atom. The smallest absolute Gasteiger partial charge is 0.244 e. The zero-order valence-corrected chi connectivity index (χ0v) is 21.6. The molecular weight excluding hydrogens is 474 g/mol. The molecule has 0 saturated carbocycles. The summed E-state index contributed by atoms with van der Waals surface area (Å²) in [6.45, 7) is 3.05. The van der Waals surface area contributed by atoms with Gasteiger partial charge in [-0.3, -0.25) is 0 Å². The lowest BCUT2D eigenvalue weighted by Crippen LogP contribution is -2.32. The minimum absolute atomic E-state index is 0.241. The molecule has 0 fully saturated rings. The van der Waals surface area contributed by atoms with Crippen LogP contribution in [0.5, 0.6) is 17.2 Å². The normalized spacial score (nSPS) is 11.6. The van der Waals surface area contributed by atoms with Crippen LogP contribution in [-0.4, -0.2) is 40.1 Å². The molecule has 0 heterocycles. The van der Waals surface area contributed by atoms with Crippen LogP contribution >= 0.6 is 0 Å². The van der Waals surface area contributed by atoms with E-state index in [4.69, 9.17) is 14.2 Å². The first kappa shape index (κ1) is 25.5. The molecule has 4 rings (SSSR count). The van der Waals surface area contributed by atoms with Crippen LogP contribution in [0, 0.1) is 0 Å². The number of benzene rings is 4. The van der Waals surface area contributed by atoms with Gasteiger partial charge in [0.1, 0.15) is 5.75 Å². The van der Waals surface area contributed by atoms with E-state index in [2.05, 4.69) is 0 Å². The Hall–Kier alpha value is -3.55. The summed E-state index contributed by atoms with van der Waals surface area (Å²) < 4.78 is 45.9. The van der Waals surface area contributed by atoms with Crippen LogP contribution in [0.2, 0.25) is 0 Å². The van der Waals surface area contributed by atoms with Gasteiger partial charge in [0.2, 0.25) is 10.0 Å². The third-order valence-corrected chi connectivity index (χ3v) is 7.96. The summed E-state index contributed by atoms with van der Waals surface area (Å²) in [6.07, 6.45) is 0.515. The van der Waals surface area contributed by atoms with Crippen molar-refractivity contribution in [2.75, 3.05) is 27.4 Å². The van der Waals surface area contributed by atoms with E-state index >= 15 is 0 Å². The summed E-state index contributed by atoms with van der Waals surface area (Å²) in [5, 5.41) is 1.60. The molecule has 7 heteroatoms. The third kappa shape index (κ3) is 5.64. The van der Waals surface area contributed by atoms with E-state index in [1.54, 1.807) is 30.7 Å². The Labute approximate surface area is 213 Å². The molecule has 36 heavy (non-hydrogen) atoms. The number of hydrogen-bond donors (Lipinski definition) is 0. The molecule has 0 bridgehead atoms. The lowest BCUT2D eigenvalue weighted by Gasteiger charge is -2.24. The van der Waals surface area contributed by atoms with E-state index in [-0.39, 0.29) is 6.54 Å². The monoisotopic (exact) mass is 505 g/mol. The zero-order valence-electron chi connectivity index (χ0n) is 20.8. The first-order chi connectivity index (χ1) is 17.5. The largest absolute Gasteiger partial charge is 0.494 e. The summed E-state index contributed by atoms with van der Waals surface area (Å²) in [5.74, 6) is 2.01. The second-order valence-corrected chi connectivity index (χ2v) is 10.2. The molecule has 0 aliphatic carbocycles. The minimum atomic E-state index is -3.80. The van der Waals surface area contributed by atoms with Crippen molar-refractivity contribution in [3.8, 4) is 17.2 Å². The Morgan fingerprint density at radius 2 is 1.47 bits per heavy atom. The van der Waals surface area contributed by atoms with Crippen LogP contribution in [0.25, 0.3) is 10.8 Å². The van der Waals surface area contributed by atoms with E-state index in [1.165, 1.54) is 0 Å². The van der Waals surface area contributed by atoms with Crippen LogP contribution < -0.4 is 14.2 Å². The molecule has 0 radical (unpaired) electrons. The van der Waals surface area contributed by atoms with E-state index in [0.29, 0.717) is 41.4 Å². The van der Waals surface area contributed by atoms with Gasteiger partial charge in [-0.15, -0.1) is 0 Å². The highest BCUT2D eigenvalue weighted by Crippen LogP contribution is 2.30. The number of ether oxygens (including phenoxy) is 3. The van der Waals surface area contributed by atoms with Gasteiger partial charge in [-0.1, -0.05) is 54.6 Å². The summed E-state index contributed by atoms with van der Waals surface area (Å²) in [7, 11) is -0.620. The fourth-order valence-electron chi connectivity index (χ4n) is 4.20. The van der Waals surface area contributed by atoms with E-state index in [9.17, 15) is 8.42 Å². The fraction of sp³-hybridized carbons (Fsp3) is 0.241. The predicted molar refractivity (Wildman–Crippen MR) is 142 cm³/mol. The second kappa shape index (κ2) is 11.5. The highest BCUT2D eigenvalue weighted by Gasteiger charge is 2.26. The van der Waals surface area contributed by atoms with Crippen LogP contribution in [0.3, 0.4) is 0 Å². The van der Waals surface area contributed by atoms with Gasteiger partial charge < -0.3 is 14.2 Å². The Bertz CT molecular complexity index is 1410. The number of fused-ring (bicyclic) bond motifs is 1. The number of methoxy groups -OCH3 is 2. The molecule has 188 valence electrons. The summed E-state index contributed by atoms with van der Waals surface area (Å²) in [4.78, 5) is 0.304. The third-order valence-electron chi connectivity index (χ3n) is 6.06. The van der Waals surface area contributed by atoms with Crippen LogP contribution in [0.4, 0.5) is 0 Å². The van der Waals surface area contributed by atoms with Gasteiger partial charge in [-0.2, -0.15) is 4.31 Å². The minimum Gasteiger partial charge on any atom is -0.494 e. The topological polar surface area (TPSA) is 65.1 Å². The molecule has 0 saturated heterocycles. The SMILES string of the molecule is CCOc1ccc(CN(CCc2ccc(OC)c(OC)c2)S(=O)(=O)c2cccc3ccccc23)cc1. The van der Waals surface area contributed by atoms with Crippen molar-refractivity contribution in [1.82, 2.24) is 4.31 Å². The number of hydrogen-bond acceptors (Lipinski definition) is 5. The fourth-order valence-corrected chi connectivity index (χ4v) is 5.84. The first-order valence-electron chi connectivity index (χ1n) is 11.9. The van der Waals surface area contributed by atoms with Crippen molar-refractivity contribution in [3.63, 3.8) is 0 Å². The highest BCUT2D eigenvalue weighted by molar-refractivity contribution is 7.89. The molecule has 0 amide bonds. The van der Waals surface area contributed by atoms with Gasteiger partial charge in [0, 0.05) is 18.5 Å². The molecule has 0 unspecified atom stereocenters. The molecule has 0 aliphatic heterocycles. The average Bonchev–Trinajstić information content (AvgIpc) is 2.91. The standard InChI is InChI=1S/C29H31NO5S/c1-4-35-25-15-12-23(13-16-25)21-30(19-18-22-14-17-27(33-2)28(20-22)34-3)36(31,32)29-11-7-9-24-8-5-6-10-26(24)29/h5-17,20H,4,18-19,21H2,1-3H3. The van der Waals surface area contributed by atoms with Gasteiger partial charge in [0.15, 0.2) is 11.5 Å². The van der Waals surface area contributed by atoms with Crippen molar-refractivity contribution < 1.29 is 22.6 Å². The van der Waals surface area contributed by atoms with Gasteiger partial charge in [-0.25, -0.2) is 8.42 Å². The Morgan fingerprint density at radius 3 is 2.19 bits per heavy atom. The van der Waals surface area contributed by atoms with Crippen LogP contribution in [0.15, 0.2) is 89.8 Å². The van der Waals surface area contributed by atoms with Crippen molar-refractivity contribution in [2.45, 2.75) is 24.8 Å². The molecule has 0 aliphatic rings. The van der Waals surface area contributed by atoms with E-state index < -0.39 is 10.0 Å². The maximum Gasteiger partial charge on any atom is 0.244 e. The quantitative estimate of drug-likeness (QED) is 0.262. The summed E-state index contributed by atoms with van der Waals surface area (Å²) in [6, 6.07) is 26.2. The number of sulfonamides is 1. The van der Waals surface area contributed by atoms with E-state index in [0.717, 1.165) is 22.3 Å². The molecule has 4 aromatic carbocycles. The summed E-state index contributed by atoms with van der Waals surface area (Å²) in [5.41, 5.74) is 1.84. The predicted octanol–water partition coefficient (Wildman–Crippen LogP) is 5.69. The van der Waals surface area contributed by atoms with Gasteiger partial charge in [0.05, 0.1) is 25.7 Å². The lowest BCUT2D eigenvalue weighted by atomic mass is 10.1. The number of rotatable bonds is 11. The van der Waals surface area contributed by atoms with Gasteiger partial charge >= 0.3 is 0 Å². The van der Waals surface area contributed by atoms with Crippen LogP contribution in [-0.2, 0) is 23.0 Å². The molecule has 6 nitrogen and oxygen atoms in total. The molecular formula is C29H31NO5S. The molecule has 4 aromatic rings. The zero-order chi connectivity index (χ0) is 25.5. The molecule has 0 atom stereocenters. The van der Waals surface area contributed by atoms with Gasteiger partial charge in [-0.05, 0) is 60.2 Å². The second-order valence-electron chi connectivity index (χ2n) is 8.33. The number of nitrogens with zero attached hydrogens (tertiary/aromatic N) is 1. The van der Waals surface area contributed by atoms with Crippen molar-refractivity contribution in [3.05, 3.63) is 96.1 Å². The maximum atomic E-state index is 14.0. The molecule has 0 aromatic heterocycles.